The smallest absolute Gasteiger partial charge is 0.261 e. The Morgan fingerprint density at radius 3 is 2.50 bits per heavy atom. The van der Waals surface area contributed by atoms with Crippen LogP contribution in [0, 0.1) is 13.8 Å². The van der Waals surface area contributed by atoms with Crippen molar-refractivity contribution in [1.82, 2.24) is 10.2 Å². The molecule has 4 nitrogen and oxygen atoms in total. The first kappa shape index (κ1) is 16.2. The van der Waals surface area contributed by atoms with Crippen LogP contribution in [0.5, 0.6) is 0 Å². The maximum Gasteiger partial charge on any atom is 0.261 e. The quantitative estimate of drug-likeness (QED) is 0.942. The van der Waals surface area contributed by atoms with Crippen LogP contribution in [0.3, 0.4) is 0 Å². The van der Waals surface area contributed by atoms with Gasteiger partial charge in [-0.1, -0.05) is 12.1 Å². The van der Waals surface area contributed by atoms with E-state index in [-0.39, 0.29) is 11.8 Å². The molecule has 0 aliphatic carbocycles. The summed E-state index contributed by atoms with van der Waals surface area (Å²) in [5.74, 6) is -0.122. The summed E-state index contributed by atoms with van der Waals surface area (Å²) >= 11 is 1.50. The van der Waals surface area contributed by atoms with Gasteiger partial charge in [0, 0.05) is 31.1 Å². The van der Waals surface area contributed by atoms with Gasteiger partial charge >= 0.3 is 0 Å². The van der Waals surface area contributed by atoms with Crippen LogP contribution in [-0.2, 0) is 6.54 Å². The van der Waals surface area contributed by atoms with Crippen LogP contribution in [0.25, 0.3) is 0 Å². The Bertz CT molecular complexity index is 685. The SMILES string of the molecule is Cc1cc(C(=O)NCc2cccc(C(=O)N(C)C)c2)sc1C. The Hall–Kier alpha value is -2.14. The van der Waals surface area contributed by atoms with Crippen LogP contribution in [0.4, 0.5) is 0 Å². The zero-order chi connectivity index (χ0) is 16.3. The lowest BCUT2D eigenvalue weighted by molar-refractivity contribution is 0.0827. The second kappa shape index (κ2) is 6.75. The van der Waals surface area contributed by atoms with Gasteiger partial charge in [0.15, 0.2) is 0 Å². The van der Waals surface area contributed by atoms with Gasteiger partial charge in [-0.15, -0.1) is 11.3 Å². The summed E-state index contributed by atoms with van der Waals surface area (Å²) in [6.07, 6.45) is 0. The Morgan fingerprint density at radius 1 is 1.18 bits per heavy atom. The van der Waals surface area contributed by atoms with Gasteiger partial charge in [-0.3, -0.25) is 9.59 Å². The van der Waals surface area contributed by atoms with E-state index in [0.717, 1.165) is 20.9 Å². The molecule has 0 aliphatic rings. The topological polar surface area (TPSA) is 49.4 Å². The second-order valence-electron chi connectivity index (χ2n) is 5.43. The number of rotatable bonds is 4. The van der Waals surface area contributed by atoms with Crippen molar-refractivity contribution in [3.05, 3.63) is 56.8 Å². The number of hydrogen-bond donors (Lipinski definition) is 1. The highest BCUT2D eigenvalue weighted by Gasteiger charge is 2.11. The fourth-order valence-corrected chi connectivity index (χ4v) is 2.98. The number of amides is 2. The molecule has 0 unspecified atom stereocenters. The molecule has 0 atom stereocenters. The van der Waals surface area contributed by atoms with Crippen molar-refractivity contribution < 1.29 is 9.59 Å². The number of carbonyl (C=O) groups excluding carboxylic acids is 2. The molecule has 1 aromatic carbocycles. The molecule has 1 heterocycles. The Morgan fingerprint density at radius 2 is 1.91 bits per heavy atom. The van der Waals surface area contributed by atoms with Gasteiger partial charge in [0.05, 0.1) is 4.88 Å². The molecule has 0 fully saturated rings. The van der Waals surface area contributed by atoms with Crippen molar-refractivity contribution in [2.75, 3.05) is 14.1 Å². The highest BCUT2D eigenvalue weighted by Crippen LogP contribution is 2.20. The summed E-state index contributed by atoms with van der Waals surface area (Å²) in [7, 11) is 3.44. The average molecular weight is 316 g/mol. The summed E-state index contributed by atoms with van der Waals surface area (Å²) in [4.78, 5) is 27.5. The fourth-order valence-electron chi connectivity index (χ4n) is 2.03. The highest BCUT2D eigenvalue weighted by molar-refractivity contribution is 7.14. The van der Waals surface area contributed by atoms with Crippen LogP contribution in [0.15, 0.2) is 30.3 Å². The number of hydrogen-bond acceptors (Lipinski definition) is 3. The predicted molar refractivity (Wildman–Crippen MR) is 89.4 cm³/mol. The highest BCUT2D eigenvalue weighted by atomic mass is 32.1. The number of thiophene rings is 1. The van der Waals surface area contributed by atoms with E-state index in [1.165, 1.54) is 16.2 Å². The van der Waals surface area contributed by atoms with Crippen LogP contribution >= 0.6 is 11.3 Å². The zero-order valence-electron chi connectivity index (χ0n) is 13.3. The normalized spacial score (nSPS) is 10.4. The molecule has 0 aliphatic heterocycles. The molecule has 5 heteroatoms. The first-order valence-corrected chi connectivity index (χ1v) is 7.86. The number of nitrogens with one attached hydrogen (secondary N) is 1. The molecular formula is C17H20N2O2S. The van der Waals surface area contributed by atoms with E-state index >= 15 is 0 Å². The number of aryl methyl sites for hydroxylation is 2. The van der Waals surface area contributed by atoms with Crippen molar-refractivity contribution in [1.29, 1.82) is 0 Å². The van der Waals surface area contributed by atoms with Crippen molar-refractivity contribution in [2.45, 2.75) is 20.4 Å². The fraction of sp³-hybridized carbons (Fsp3) is 0.294. The van der Waals surface area contributed by atoms with Gasteiger partial charge in [0.1, 0.15) is 0 Å². The van der Waals surface area contributed by atoms with E-state index in [9.17, 15) is 9.59 Å². The second-order valence-corrected chi connectivity index (χ2v) is 6.69. The lowest BCUT2D eigenvalue weighted by Crippen LogP contribution is -2.23. The van der Waals surface area contributed by atoms with Crippen LogP contribution in [-0.4, -0.2) is 30.8 Å². The Balaban J connectivity index is 2.04. The minimum absolute atomic E-state index is 0.0438. The number of carbonyl (C=O) groups is 2. The number of benzene rings is 1. The minimum Gasteiger partial charge on any atom is -0.347 e. The molecule has 0 saturated heterocycles. The van der Waals surface area contributed by atoms with Crippen LogP contribution in [0.1, 0.15) is 36.0 Å². The molecule has 0 bridgehead atoms. The van der Waals surface area contributed by atoms with Crippen LogP contribution in [0.2, 0.25) is 0 Å². The van der Waals surface area contributed by atoms with E-state index < -0.39 is 0 Å². The Kier molecular flexibility index (Phi) is 4.98. The number of nitrogens with zero attached hydrogens (tertiary/aromatic N) is 1. The molecule has 0 saturated carbocycles. The van der Waals surface area contributed by atoms with Crippen molar-refractivity contribution >= 4 is 23.2 Å². The van der Waals surface area contributed by atoms with Crippen molar-refractivity contribution in [3.63, 3.8) is 0 Å². The summed E-state index contributed by atoms with van der Waals surface area (Å²) in [5, 5.41) is 2.90. The third-order valence-electron chi connectivity index (χ3n) is 3.42. The first-order chi connectivity index (χ1) is 10.4. The van der Waals surface area contributed by atoms with Gasteiger partial charge in [-0.2, -0.15) is 0 Å². The molecule has 2 rings (SSSR count). The molecule has 116 valence electrons. The largest absolute Gasteiger partial charge is 0.347 e. The van der Waals surface area contributed by atoms with E-state index in [1.54, 1.807) is 20.2 Å². The molecule has 2 aromatic rings. The maximum atomic E-state index is 12.1. The lowest BCUT2D eigenvalue weighted by atomic mass is 10.1. The molecule has 2 amide bonds. The zero-order valence-corrected chi connectivity index (χ0v) is 14.1. The maximum absolute atomic E-state index is 12.1. The van der Waals surface area contributed by atoms with Gasteiger partial charge < -0.3 is 10.2 Å². The molecule has 0 radical (unpaired) electrons. The molecule has 22 heavy (non-hydrogen) atoms. The molecule has 0 spiro atoms. The predicted octanol–water partition coefficient (Wildman–Crippen LogP) is 3.00. The van der Waals surface area contributed by atoms with E-state index in [2.05, 4.69) is 5.32 Å². The third-order valence-corrected chi connectivity index (χ3v) is 4.57. The van der Waals surface area contributed by atoms with E-state index in [4.69, 9.17) is 0 Å². The van der Waals surface area contributed by atoms with Gasteiger partial charge in [0.2, 0.25) is 0 Å². The van der Waals surface area contributed by atoms with Gasteiger partial charge in [0.25, 0.3) is 11.8 Å². The van der Waals surface area contributed by atoms with Gasteiger partial charge in [-0.25, -0.2) is 0 Å². The van der Waals surface area contributed by atoms with E-state index in [1.807, 2.05) is 38.1 Å². The summed E-state index contributed by atoms with van der Waals surface area (Å²) in [6.45, 7) is 4.41. The van der Waals surface area contributed by atoms with Crippen LogP contribution < -0.4 is 5.32 Å². The standard InChI is InChI=1S/C17H20N2O2S/c1-11-8-15(22-12(11)2)16(20)18-10-13-6-5-7-14(9-13)17(21)19(3)4/h5-9H,10H2,1-4H3,(H,18,20). The van der Waals surface area contributed by atoms with Gasteiger partial charge in [-0.05, 0) is 43.2 Å². The average Bonchev–Trinajstić information content (AvgIpc) is 2.84. The summed E-state index contributed by atoms with van der Waals surface area (Å²) in [5.41, 5.74) is 2.67. The van der Waals surface area contributed by atoms with Crippen molar-refractivity contribution in [2.24, 2.45) is 0 Å². The first-order valence-electron chi connectivity index (χ1n) is 7.04. The molecule has 1 aromatic heterocycles. The molecule has 1 N–H and O–H groups in total. The summed E-state index contributed by atoms with van der Waals surface area (Å²) in [6, 6.07) is 9.23. The minimum atomic E-state index is -0.0782. The van der Waals surface area contributed by atoms with E-state index in [0.29, 0.717) is 12.1 Å². The Labute approximate surface area is 134 Å². The summed E-state index contributed by atoms with van der Waals surface area (Å²) < 4.78 is 0. The lowest BCUT2D eigenvalue weighted by Gasteiger charge is -2.11. The third kappa shape index (κ3) is 3.74. The van der Waals surface area contributed by atoms with Crippen molar-refractivity contribution in [3.8, 4) is 0 Å². The molecular weight excluding hydrogens is 296 g/mol. The monoisotopic (exact) mass is 316 g/mol.